The normalized spacial score (nSPS) is 10.1. The minimum absolute atomic E-state index is 0.406. The van der Waals surface area contributed by atoms with Gasteiger partial charge in [0.25, 0.3) is 11.8 Å². The second-order valence-electron chi connectivity index (χ2n) is 5.49. The molecule has 0 radical (unpaired) electrons. The molecule has 2 aromatic carbocycles. The maximum atomic E-state index is 12.2. The van der Waals surface area contributed by atoms with E-state index >= 15 is 0 Å². The molecule has 0 atom stereocenters. The van der Waals surface area contributed by atoms with E-state index in [1.807, 2.05) is 0 Å². The number of carbonyl (C=O) groups is 2. The van der Waals surface area contributed by atoms with E-state index in [0.29, 0.717) is 29.2 Å². The third-order valence-corrected chi connectivity index (χ3v) is 4.41. The molecule has 0 spiro atoms. The summed E-state index contributed by atoms with van der Waals surface area (Å²) < 4.78 is 11.6. The van der Waals surface area contributed by atoms with Crippen LogP contribution in [-0.2, 0) is 0 Å². The van der Waals surface area contributed by atoms with Gasteiger partial charge in [-0.1, -0.05) is 19.4 Å². The highest BCUT2D eigenvalue weighted by Gasteiger charge is 2.11. The van der Waals surface area contributed by atoms with E-state index in [9.17, 15) is 9.59 Å². The Bertz CT molecular complexity index is 780. The molecule has 6 nitrogen and oxygen atoms in total. The second-order valence-corrected chi connectivity index (χ2v) is 6.65. The molecule has 26 heavy (non-hydrogen) atoms. The van der Waals surface area contributed by atoms with Crippen LogP contribution in [0.15, 0.2) is 42.5 Å². The molecule has 2 rings (SSSR count). The predicted molar refractivity (Wildman–Crippen MR) is 107 cm³/mol. The van der Waals surface area contributed by atoms with Gasteiger partial charge in [0, 0.05) is 11.1 Å². The summed E-state index contributed by atoms with van der Waals surface area (Å²) in [5, 5.41) is 0. The van der Waals surface area contributed by atoms with Gasteiger partial charge >= 0.3 is 0 Å². The molecule has 7 heteroatoms. The average molecular weight is 468 g/mol. The maximum absolute atomic E-state index is 12.2. The van der Waals surface area contributed by atoms with E-state index in [-0.39, 0.29) is 0 Å². The zero-order valence-corrected chi connectivity index (χ0v) is 16.8. The Kier molecular flexibility index (Phi) is 7.71. The highest BCUT2D eigenvalue weighted by atomic mass is 127. The summed E-state index contributed by atoms with van der Waals surface area (Å²) in [6, 6.07) is 11.9. The number of ether oxygens (including phenoxy) is 2. The van der Waals surface area contributed by atoms with E-state index in [1.165, 1.54) is 0 Å². The minimum Gasteiger partial charge on any atom is -0.496 e. The highest BCUT2D eigenvalue weighted by molar-refractivity contribution is 14.1. The number of benzene rings is 2. The van der Waals surface area contributed by atoms with Crippen LogP contribution in [0.1, 0.15) is 40.5 Å². The highest BCUT2D eigenvalue weighted by Crippen LogP contribution is 2.21. The number of amides is 2. The van der Waals surface area contributed by atoms with Crippen LogP contribution in [0.5, 0.6) is 11.5 Å². The summed E-state index contributed by atoms with van der Waals surface area (Å²) in [5.41, 5.74) is 5.65. The van der Waals surface area contributed by atoms with Gasteiger partial charge in [0.2, 0.25) is 0 Å². The fraction of sp³-hybridized carbons (Fsp3) is 0.263. The fourth-order valence-electron chi connectivity index (χ4n) is 2.13. The van der Waals surface area contributed by atoms with Crippen molar-refractivity contribution in [1.82, 2.24) is 10.9 Å². The Labute approximate surface area is 166 Å². The number of rotatable bonds is 7. The number of hydrogen-bond acceptors (Lipinski definition) is 4. The Balaban J connectivity index is 1.94. The standard InChI is InChI=1S/C19H21IN2O4/c1-3-4-10-26-15-7-5-6-13(11-15)18(23)21-22-19(24)14-8-9-17(25-2)16(20)12-14/h5-9,11-12H,3-4,10H2,1-2H3,(H,21,23)(H,22,24). The number of nitrogens with one attached hydrogen (secondary N) is 2. The van der Waals surface area contributed by atoms with Crippen LogP contribution in [0.25, 0.3) is 0 Å². The van der Waals surface area contributed by atoms with Gasteiger partial charge in [-0.25, -0.2) is 0 Å². The smallest absolute Gasteiger partial charge is 0.269 e. The molecule has 2 N–H and O–H groups in total. The van der Waals surface area contributed by atoms with Crippen molar-refractivity contribution in [2.45, 2.75) is 19.8 Å². The lowest BCUT2D eigenvalue weighted by atomic mass is 10.2. The summed E-state index contributed by atoms with van der Waals surface area (Å²) in [6.07, 6.45) is 1.99. The van der Waals surface area contributed by atoms with E-state index in [2.05, 4.69) is 40.4 Å². The molecule has 0 fully saturated rings. The van der Waals surface area contributed by atoms with Crippen molar-refractivity contribution in [1.29, 1.82) is 0 Å². The molecule has 0 aliphatic rings. The van der Waals surface area contributed by atoms with Gasteiger partial charge in [0.05, 0.1) is 17.3 Å². The van der Waals surface area contributed by atoms with Crippen LogP contribution >= 0.6 is 22.6 Å². The summed E-state index contributed by atoms with van der Waals surface area (Å²) >= 11 is 2.08. The van der Waals surface area contributed by atoms with E-state index in [4.69, 9.17) is 9.47 Å². The number of hydrogen-bond donors (Lipinski definition) is 2. The van der Waals surface area contributed by atoms with Gasteiger partial charge < -0.3 is 9.47 Å². The Hall–Kier alpha value is -2.29. The third kappa shape index (κ3) is 5.62. The largest absolute Gasteiger partial charge is 0.496 e. The van der Waals surface area contributed by atoms with E-state index in [1.54, 1.807) is 49.6 Å². The van der Waals surface area contributed by atoms with Crippen molar-refractivity contribution in [3.8, 4) is 11.5 Å². The quantitative estimate of drug-likeness (QED) is 0.370. The Morgan fingerprint density at radius 3 is 2.35 bits per heavy atom. The molecule has 2 aromatic rings. The van der Waals surface area contributed by atoms with Crippen LogP contribution < -0.4 is 20.3 Å². The zero-order chi connectivity index (χ0) is 18.9. The zero-order valence-electron chi connectivity index (χ0n) is 14.7. The topological polar surface area (TPSA) is 76.7 Å². The van der Waals surface area contributed by atoms with Gasteiger partial charge in [-0.15, -0.1) is 0 Å². The van der Waals surface area contributed by atoms with Crippen molar-refractivity contribution >= 4 is 34.4 Å². The molecule has 0 aliphatic heterocycles. The van der Waals surface area contributed by atoms with Crippen molar-refractivity contribution in [2.75, 3.05) is 13.7 Å². The first-order valence-corrected chi connectivity index (χ1v) is 9.30. The van der Waals surface area contributed by atoms with Crippen LogP contribution in [0.4, 0.5) is 0 Å². The first kappa shape index (κ1) is 20.0. The number of methoxy groups -OCH3 is 1. The SMILES string of the molecule is CCCCOc1cccc(C(=O)NNC(=O)c2ccc(OC)c(I)c2)c1. The fourth-order valence-corrected chi connectivity index (χ4v) is 2.86. The van der Waals surface area contributed by atoms with Crippen LogP contribution in [0.2, 0.25) is 0 Å². The van der Waals surface area contributed by atoms with Crippen LogP contribution in [0.3, 0.4) is 0 Å². The number of unbranched alkanes of at least 4 members (excludes halogenated alkanes) is 1. The van der Waals surface area contributed by atoms with Crippen molar-refractivity contribution in [3.63, 3.8) is 0 Å². The summed E-state index contributed by atoms with van der Waals surface area (Å²) in [6.45, 7) is 2.69. The molecule has 0 aliphatic carbocycles. The Morgan fingerprint density at radius 2 is 1.73 bits per heavy atom. The summed E-state index contributed by atoms with van der Waals surface area (Å²) in [7, 11) is 1.57. The number of halogens is 1. The maximum Gasteiger partial charge on any atom is 0.269 e. The van der Waals surface area contributed by atoms with Crippen LogP contribution in [0, 0.1) is 3.57 Å². The molecule has 138 valence electrons. The minimum atomic E-state index is -0.414. The molecule has 2 amide bonds. The lowest BCUT2D eigenvalue weighted by molar-refractivity contribution is 0.0846. The molecule has 0 aromatic heterocycles. The summed E-state index contributed by atoms with van der Waals surface area (Å²) in [5.74, 6) is 0.491. The van der Waals surface area contributed by atoms with Gasteiger partial charge in [0.15, 0.2) is 0 Å². The van der Waals surface area contributed by atoms with Crippen molar-refractivity contribution in [2.24, 2.45) is 0 Å². The lowest BCUT2D eigenvalue weighted by Gasteiger charge is -2.10. The molecule has 0 unspecified atom stereocenters. The third-order valence-electron chi connectivity index (χ3n) is 3.57. The monoisotopic (exact) mass is 468 g/mol. The van der Waals surface area contributed by atoms with Gasteiger partial charge in [-0.05, 0) is 65.4 Å². The molecular weight excluding hydrogens is 447 g/mol. The van der Waals surface area contributed by atoms with Gasteiger partial charge in [0.1, 0.15) is 11.5 Å². The second kappa shape index (κ2) is 10.0. The molecule has 0 saturated carbocycles. The Morgan fingerprint density at radius 1 is 1.04 bits per heavy atom. The molecule has 0 saturated heterocycles. The van der Waals surface area contributed by atoms with Crippen molar-refractivity contribution < 1.29 is 19.1 Å². The molecule has 0 bridgehead atoms. The van der Waals surface area contributed by atoms with Crippen LogP contribution in [-0.4, -0.2) is 25.5 Å². The number of carbonyl (C=O) groups excluding carboxylic acids is 2. The summed E-state index contributed by atoms with van der Waals surface area (Å²) in [4.78, 5) is 24.4. The molecule has 0 heterocycles. The first-order chi connectivity index (χ1) is 12.5. The molecular formula is C19H21IN2O4. The van der Waals surface area contributed by atoms with E-state index in [0.717, 1.165) is 16.4 Å². The first-order valence-electron chi connectivity index (χ1n) is 8.22. The number of hydrazine groups is 1. The lowest BCUT2D eigenvalue weighted by Crippen LogP contribution is -2.41. The van der Waals surface area contributed by atoms with Crippen molar-refractivity contribution in [3.05, 3.63) is 57.2 Å². The van der Waals surface area contributed by atoms with Gasteiger partial charge in [-0.2, -0.15) is 0 Å². The predicted octanol–water partition coefficient (Wildman–Crippen LogP) is 3.55. The van der Waals surface area contributed by atoms with E-state index < -0.39 is 11.8 Å². The average Bonchev–Trinajstić information content (AvgIpc) is 2.66. The van der Waals surface area contributed by atoms with Gasteiger partial charge in [-0.3, -0.25) is 20.4 Å².